The Labute approximate surface area is 170 Å². The number of unbranched alkanes of at least 4 members (excludes halogenated alkanes) is 1. The Bertz CT molecular complexity index is 1180. The van der Waals surface area contributed by atoms with E-state index in [1.165, 1.54) is 29.7 Å². The molecule has 0 aliphatic carbocycles. The topological polar surface area (TPSA) is 42.1 Å². The molecule has 3 nitrogen and oxygen atoms in total. The first kappa shape index (κ1) is 18.3. The summed E-state index contributed by atoms with van der Waals surface area (Å²) < 4.78 is 7.28. The van der Waals surface area contributed by atoms with Crippen LogP contribution in [0.15, 0.2) is 51.0 Å². The van der Waals surface area contributed by atoms with Gasteiger partial charge in [-0.1, -0.05) is 37.6 Å². The summed E-state index contributed by atoms with van der Waals surface area (Å²) in [6.07, 6.45) is 3.48. The highest BCUT2D eigenvalue weighted by molar-refractivity contribution is 9.10. The molecule has 0 saturated carbocycles. The average Bonchev–Trinajstić information content (AvgIpc) is 3.18. The Balaban J connectivity index is 2.02. The number of fused-ring (bicyclic) bond motifs is 3. The fourth-order valence-corrected chi connectivity index (χ4v) is 4.84. The van der Waals surface area contributed by atoms with Crippen LogP contribution in [-0.4, -0.2) is 12.1 Å². The summed E-state index contributed by atoms with van der Waals surface area (Å²) in [7, 11) is 1.68. The van der Waals surface area contributed by atoms with Crippen molar-refractivity contribution in [3.05, 3.63) is 62.2 Å². The number of hydrogen-bond donors (Lipinski definition) is 1. The van der Waals surface area contributed by atoms with Crippen molar-refractivity contribution >= 4 is 48.3 Å². The maximum atomic E-state index is 12.5. The molecule has 4 aromatic rings. The van der Waals surface area contributed by atoms with E-state index in [4.69, 9.17) is 4.74 Å². The van der Waals surface area contributed by atoms with Gasteiger partial charge in [-0.15, -0.1) is 11.3 Å². The first-order chi connectivity index (χ1) is 13.1. The van der Waals surface area contributed by atoms with E-state index >= 15 is 0 Å². The zero-order valence-electron chi connectivity index (χ0n) is 15.3. The van der Waals surface area contributed by atoms with Crippen LogP contribution >= 0.6 is 27.3 Å². The number of aryl methyl sites for hydroxylation is 1. The van der Waals surface area contributed by atoms with E-state index in [2.05, 4.69) is 52.1 Å². The summed E-state index contributed by atoms with van der Waals surface area (Å²) >= 11 is 5.06. The fraction of sp³-hybridized carbons (Fsp3) is 0.227. The van der Waals surface area contributed by atoms with Gasteiger partial charge in [-0.3, -0.25) is 4.79 Å². The molecule has 0 atom stereocenters. The van der Waals surface area contributed by atoms with E-state index in [1.54, 1.807) is 7.11 Å². The number of rotatable bonds is 5. The quantitative estimate of drug-likeness (QED) is 0.382. The number of hydrogen-bond acceptors (Lipinski definition) is 3. The minimum Gasteiger partial charge on any atom is -0.496 e. The molecule has 0 fully saturated rings. The van der Waals surface area contributed by atoms with Gasteiger partial charge in [0.05, 0.1) is 12.6 Å². The van der Waals surface area contributed by atoms with Gasteiger partial charge in [0, 0.05) is 20.8 Å². The van der Waals surface area contributed by atoms with Crippen LogP contribution in [0, 0.1) is 0 Å². The molecule has 0 bridgehead atoms. The predicted molar refractivity (Wildman–Crippen MR) is 118 cm³/mol. The zero-order valence-corrected chi connectivity index (χ0v) is 17.7. The van der Waals surface area contributed by atoms with E-state index in [-0.39, 0.29) is 5.56 Å². The lowest BCUT2D eigenvalue weighted by Gasteiger charge is -2.15. The average molecular weight is 442 g/mol. The van der Waals surface area contributed by atoms with Crippen LogP contribution in [0.1, 0.15) is 25.3 Å². The first-order valence-electron chi connectivity index (χ1n) is 9.03. The van der Waals surface area contributed by atoms with E-state index < -0.39 is 0 Å². The number of H-pyrrole nitrogens is 1. The Morgan fingerprint density at radius 3 is 2.67 bits per heavy atom. The fourth-order valence-electron chi connectivity index (χ4n) is 3.54. The molecular formula is C22H20BrNO2S. The van der Waals surface area contributed by atoms with Gasteiger partial charge >= 0.3 is 0 Å². The molecule has 138 valence electrons. The van der Waals surface area contributed by atoms with Gasteiger partial charge in [-0.25, -0.2) is 0 Å². The maximum Gasteiger partial charge on any atom is 0.266 e. The predicted octanol–water partition coefficient (Wildman–Crippen LogP) is 6.52. The molecule has 2 aromatic heterocycles. The highest BCUT2D eigenvalue weighted by Gasteiger charge is 2.18. The number of nitrogens with one attached hydrogen (secondary N) is 1. The van der Waals surface area contributed by atoms with E-state index in [9.17, 15) is 4.79 Å². The second-order valence-corrected chi connectivity index (χ2v) is 8.37. The number of ether oxygens (including phenoxy) is 1. The summed E-state index contributed by atoms with van der Waals surface area (Å²) in [6.45, 7) is 2.21. The monoisotopic (exact) mass is 441 g/mol. The van der Waals surface area contributed by atoms with Gasteiger partial charge in [-0.05, 0) is 57.4 Å². The second kappa shape index (κ2) is 7.49. The van der Waals surface area contributed by atoms with Crippen LogP contribution in [-0.2, 0) is 6.42 Å². The minimum absolute atomic E-state index is 0.0563. The van der Waals surface area contributed by atoms with Crippen LogP contribution < -0.4 is 10.3 Å². The highest BCUT2D eigenvalue weighted by atomic mass is 79.9. The third-order valence-electron chi connectivity index (χ3n) is 4.90. The molecule has 5 heteroatoms. The lowest BCUT2D eigenvalue weighted by atomic mass is 9.96. The first-order valence-corrected chi connectivity index (χ1v) is 10.7. The molecule has 0 spiro atoms. The number of aromatic nitrogens is 1. The molecular weight excluding hydrogens is 422 g/mol. The van der Waals surface area contributed by atoms with Gasteiger partial charge in [0.25, 0.3) is 5.56 Å². The zero-order chi connectivity index (χ0) is 19.0. The molecule has 0 unspecified atom stereocenters. The molecule has 2 aromatic carbocycles. The molecule has 0 radical (unpaired) electrons. The Kier molecular flexibility index (Phi) is 5.06. The van der Waals surface area contributed by atoms with Crippen LogP contribution in [0.3, 0.4) is 0 Å². The Morgan fingerprint density at radius 2 is 1.96 bits per heavy atom. The summed E-state index contributed by atoms with van der Waals surface area (Å²) in [5.41, 5.74) is 4.19. The molecule has 0 aliphatic rings. The SMILES string of the molecule is CCCCc1ccc(-c2c(OC)cc(Br)c3[nH]c(=O)c4sccc4c23)cc1. The van der Waals surface area contributed by atoms with Crippen molar-refractivity contribution in [2.45, 2.75) is 26.2 Å². The molecule has 1 N–H and O–H groups in total. The number of methoxy groups -OCH3 is 1. The van der Waals surface area contributed by atoms with Crippen molar-refractivity contribution in [1.82, 2.24) is 4.98 Å². The van der Waals surface area contributed by atoms with Crippen LogP contribution in [0.5, 0.6) is 5.75 Å². The molecule has 4 rings (SSSR count). The van der Waals surface area contributed by atoms with Gasteiger partial charge in [0.15, 0.2) is 0 Å². The van der Waals surface area contributed by atoms with Crippen LogP contribution in [0.2, 0.25) is 0 Å². The molecule has 0 amide bonds. The molecule has 2 heterocycles. The van der Waals surface area contributed by atoms with Crippen molar-refractivity contribution in [1.29, 1.82) is 0 Å². The van der Waals surface area contributed by atoms with Gasteiger partial charge < -0.3 is 9.72 Å². The molecule has 27 heavy (non-hydrogen) atoms. The molecule has 0 aliphatic heterocycles. The van der Waals surface area contributed by atoms with E-state index in [0.717, 1.165) is 48.8 Å². The third-order valence-corrected chi connectivity index (χ3v) is 6.44. The number of halogens is 1. The van der Waals surface area contributed by atoms with Crippen molar-refractivity contribution in [3.63, 3.8) is 0 Å². The number of aromatic amines is 1. The minimum atomic E-state index is -0.0563. The maximum absolute atomic E-state index is 12.5. The standard InChI is InChI=1S/C22H20BrNO2S/c1-3-4-5-13-6-8-14(9-7-13)18-17(26-2)12-16(23)20-19(18)15-10-11-27-21(15)22(25)24-20/h6-12H,3-5H2,1-2H3,(H,24,25). The van der Waals surface area contributed by atoms with Crippen molar-refractivity contribution in [2.24, 2.45) is 0 Å². The Morgan fingerprint density at radius 1 is 1.19 bits per heavy atom. The largest absolute Gasteiger partial charge is 0.496 e. The van der Waals surface area contributed by atoms with Crippen molar-refractivity contribution < 1.29 is 4.74 Å². The highest BCUT2D eigenvalue weighted by Crippen LogP contribution is 2.43. The van der Waals surface area contributed by atoms with Crippen LogP contribution in [0.25, 0.3) is 32.1 Å². The van der Waals surface area contributed by atoms with Gasteiger partial charge in [0.2, 0.25) is 0 Å². The number of thiophene rings is 1. The van der Waals surface area contributed by atoms with Crippen LogP contribution in [0.4, 0.5) is 0 Å². The third kappa shape index (κ3) is 3.19. The normalized spacial score (nSPS) is 11.4. The summed E-state index contributed by atoms with van der Waals surface area (Å²) in [5.74, 6) is 0.787. The summed E-state index contributed by atoms with van der Waals surface area (Å²) in [4.78, 5) is 15.5. The summed E-state index contributed by atoms with van der Waals surface area (Å²) in [6, 6.07) is 12.6. The summed E-state index contributed by atoms with van der Waals surface area (Å²) in [5, 5.41) is 3.94. The van der Waals surface area contributed by atoms with Crippen molar-refractivity contribution in [2.75, 3.05) is 7.11 Å². The lowest BCUT2D eigenvalue weighted by Crippen LogP contribution is -2.05. The number of benzene rings is 2. The molecule has 0 saturated heterocycles. The van der Waals surface area contributed by atoms with Crippen molar-refractivity contribution in [3.8, 4) is 16.9 Å². The smallest absolute Gasteiger partial charge is 0.266 e. The Hall–Kier alpha value is -2.11. The lowest BCUT2D eigenvalue weighted by molar-refractivity contribution is 0.416. The van der Waals surface area contributed by atoms with E-state index in [1.807, 2.05) is 17.5 Å². The van der Waals surface area contributed by atoms with Gasteiger partial charge in [-0.2, -0.15) is 0 Å². The van der Waals surface area contributed by atoms with E-state index in [0.29, 0.717) is 0 Å². The van der Waals surface area contributed by atoms with Gasteiger partial charge in [0.1, 0.15) is 10.4 Å². The number of pyridine rings is 1. The second-order valence-electron chi connectivity index (χ2n) is 6.60.